The first-order chi connectivity index (χ1) is 8.12. The summed E-state index contributed by atoms with van der Waals surface area (Å²) in [6, 6.07) is 0. The number of unbranched alkanes of at least 4 members (excludes halogenated alkanes) is 1. The van der Waals surface area contributed by atoms with E-state index < -0.39 is 5.60 Å². The lowest BCUT2D eigenvalue weighted by atomic mass is 10.00. The second kappa shape index (κ2) is 10.9. The van der Waals surface area contributed by atoms with Crippen LogP contribution in [-0.2, 0) is 14.2 Å². The number of rotatable bonds is 12. The molecule has 0 bridgehead atoms. The maximum absolute atomic E-state index is 9.65. The van der Waals surface area contributed by atoms with Crippen molar-refractivity contribution in [2.45, 2.75) is 31.8 Å². The van der Waals surface area contributed by atoms with Gasteiger partial charge in [0, 0.05) is 20.3 Å². The second-order valence-corrected chi connectivity index (χ2v) is 4.38. The first-order valence-electron chi connectivity index (χ1n) is 6.19. The van der Waals surface area contributed by atoms with Gasteiger partial charge in [-0.1, -0.05) is 0 Å². The zero-order valence-corrected chi connectivity index (χ0v) is 11.1. The summed E-state index contributed by atoms with van der Waals surface area (Å²) in [7, 11) is 1.65. The predicted octanol–water partition coefficient (Wildman–Crippen LogP) is 0.546. The molecule has 104 valence electrons. The molecule has 5 nitrogen and oxygen atoms in total. The van der Waals surface area contributed by atoms with Crippen LogP contribution in [0.3, 0.4) is 0 Å². The van der Waals surface area contributed by atoms with Gasteiger partial charge in [0.2, 0.25) is 0 Å². The molecule has 1 atom stereocenters. The summed E-state index contributed by atoms with van der Waals surface area (Å²) in [4.78, 5) is 0. The normalized spacial score (nSPS) is 14.8. The fourth-order valence-corrected chi connectivity index (χ4v) is 1.28. The number of aliphatic hydroxyl groups is 1. The lowest BCUT2D eigenvalue weighted by Gasteiger charge is -2.20. The SMILES string of the molecule is COCCOCCOCCCCC(C)(O)CN. The molecule has 0 rings (SSSR count). The number of ether oxygens (including phenoxy) is 3. The van der Waals surface area contributed by atoms with Crippen LogP contribution in [0.25, 0.3) is 0 Å². The Morgan fingerprint density at radius 1 is 1.00 bits per heavy atom. The maximum Gasteiger partial charge on any atom is 0.0741 e. The molecule has 0 aromatic carbocycles. The molecule has 0 radical (unpaired) electrons. The van der Waals surface area contributed by atoms with E-state index >= 15 is 0 Å². The molecule has 0 spiro atoms. The van der Waals surface area contributed by atoms with Gasteiger partial charge >= 0.3 is 0 Å². The van der Waals surface area contributed by atoms with Crippen LogP contribution in [0.1, 0.15) is 26.2 Å². The number of hydrogen-bond acceptors (Lipinski definition) is 5. The first-order valence-corrected chi connectivity index (χ1v) is 6.19. The van der Waals surface area contributed by atoms with Crippen LogP contribution in [-0.4, -0.2) is 57.4 Å². The molecule has 0 heterocycles. The van der Waals surface area contributed by atoms with Gasteiger partial charge < -0.3 is 25.1 Å². The van der Waals surface area contributed by atoms with E-state index in [4.69, 9.17) is 19.9 Å². The van der Waals surface area contributed by atoms with Gasteiger partial charge in [-0.3, -0.25) is 0 Å². The Hall–Kier alpha value is -0.200. The van der Waals surface area contributed by atoms with E-state index in [9.17, 15) is 5.11 Å². The van der Waals surface area contributed by atoms with Crippen LogP contribution < -0.4 is 5.73 Å². The van der Waals surface area contributed by atoms with E-state index in [1.807, 2.05) is 0 Å². The van der Waals surface area contributed by atoms with Gasteiger partial charge in [0.25, 0.3) is 0 Å². The third kappa shape index (κ3) is 12.1. The summed E-state index contributed by atoms with van der Waals surface area (Å²) >= 11 is 0. The quantitative estimate of drug-likeness (QED) is 0.494. The molecule has 0 amide bonds. The number of nitrogens with two attached hydrogens (primary N) is 1. The standard InChI is InChI=1S/C12H27NO4/c1-12(14,11-13)5-3-4-6-16-9-10-17-8-7-15-2/h14H,3-11,13H2,1-2H3. The van der Waals surface area contributed by atoms with Gasteiger partial charge in [0.1, 0.15) is 0 Å². The van der Waals surface area contributed by atoms with E-state index in [1.165, 1.54) is 0 Å². The Labute approximate surface area is 104 Å². The highest BCUT2D eigenvalue weighted by atomic mass is 16.5. The van der Waals surface area contributed by atoms with Crippen LogP contribution >= 0.6 is 0 Å². The van der Waals surface area contributed by atoms with Crippen LogP contribution in [0.2, 0.25) is 0 Å². The van der Waals surface area contributed by atoms with Crippen molar-refractivity contribution in [2.24, 2.45) is 5.73 Å². The van der Waals surface area contributed by atoms with Gasteiger partial charge in [0.15, 0.2) is 0 Å². The summed E-state index contributed by atoms with van der Waals surface area (Å²) in [5.41, 5.74) is 4.69. The van der Waals surface area contributed by atoms with Crippen molar-refractivity contribution >= 4 is 0 Å². The number of methoxy groups -OCH3 is 1. The average Bonchev–Trinajstić information content (AvgIpc) is 2.31. The maximum atomic E-state index is 9.65. The molecular weight excluding hydrogens is 222 g/mol. The highest BCUT2D eigenvalue weighted by Crippen LogP contribution is 2.11. The minimum absolute atomic E-state index is 0.307. The molecular formula is C12H27NO4. The third-order valence-electron chi connectivity index (χ3n) is 2.50. The van der Waals surface area contributed by atoms with E-state index in [0.29, 0.717) is 39.6 Å². The molecule has 0 saturated carbocycles. The summed E-state index contributed by atoms with van der Waals surface area (Å²) in [6.45, 7) is 5.21. The van der Waals surface area contributed by atoms with Crippen LogP contribution in [0.5, 0.6) is 0 Å². The molecule has 0 aromatic rings. The first kappa shape index (κ1) is 16.8. The van der Waals surface area contributed by atoms with Crippen molar-refractivity contribution < 1.29 is 19.3 Å². The van der Waals surface area contributed by atoms with Crippen LogP contribution in [0, 0.1) is 0 Å². The van der Waals surface area contributed by atoms with Gasteiger partial charge in [-0.2, -0.15) is 0 Å². The van der Waals surface area contributed by atoms with Gasteiger partial charge in [-0.05, 0) is 26.2 Å². The monoisotopic (exact) mass is 249 g/mol. The van der Waals surface area contributed by atoms with E-state index in [-0.39, 0.29) is 0 Å². The Morgan fingerprint density at radius 3 is 2.18 bits per heavy atom. The molecule has 1 unspecified atom stereocenters. The smallest absolute Gasteiger partial charge is 0.0741 e. The molecule has 0 aliphatic heterocycles. The van der Waals surface area contributed by atoms with Crippen molar-refractivity contribution in [3.8, 4) is 0 Å². The Morgan fingerprint density at radius 2 is 1.59 bits per heavy atom. The van der Waals surface area contributed by atoms with E-state index in [2.05, 4.69) is 0 Å². The Balaban J connectivity index is 3.09. The van der Waals surface area contributed by atoms with Gasteiger partial charge in [0.05, 0.1) is 32.0 Å². The van der Waals surface area contributed by atoms with Gasteiger partial charge in [-0.25, -0.2) is 0 Å². The fourth-order valence-electron chi connectivity index (χ4n) is 1.28. The number of hydrogen-bond donors (Lipinski definition) is 2. The highest BCUT2D eigenvalue weighted by molar-refractivity contribution is 4.72. The van der Waals surface area contributed by atoms with Gasteiger partial charge in [-0.15, -0.1) is 0 Å². The minimum atomic E-state index is -0.733. The largest absolute Gasteiger partial charge is 0.389 e. The Kier molecular flexibility index (Phi) is 10.8. The molecule has 17 heavy (non-hydrogen) atoms. The average molecular weight is 249 g/mol. The zero-order chi connectivity index (χ0) is 13.0. The summed E-state index contributed by atoms with van der Waals surface area (Å²) in [5.74, 6) is 0. The van der Waals surface area contributed by atoms with Crippen molar-refractivity contribution in [2.75, 3.05) is 46.7 Å². The fraction of sp³-hybridized carbons (Fsp3) is 1.00. The third-order valence-corrected chi connectivity index (χ3v) is 2.50. The van der Waals surface area contributed by atoms with Crippen LogP contribution in [0.15, 0.2) is 0 Å². The lowest BCUT2D eigenvalue weighted by Crippen LogP contribution is -2.33. The highest BCUT2D eigenvalue weighted by Gasteiger charge is 2.16. The lowest BCUT2D eigenvalue weighted by molar-refractivity contribution is 0.0210. The van der Waals surface area contributed by atoms with Crippen molar-refractivity contribution in [3.63, 3.8) is 0 Å². The van der Waals surface area contributed by atoms with Crippen molar-refractivity contribution in [1.29, 1.82) is 0 Å². The van der Waals surface area contributed by atoms with E-state index in [1.54, 1.807) is 14.0 Å². The summed E-state index contributed by atoms with van der Waals surface area (Å²) in [5, 5.41) is 9.65. The molecule has 5 heteroatoms. The van der Waals surface area contributed by atoms with Crippen molar-refractivity contribution in [1.82, 2.24) is 0 Å². The molecule has 3 N–H and O–H groups in total. The van der Waals surface area contributed by atoms with Crippen molar-refractivity contribution in [3.05, 3.63) is 0 Å². The molecule has 0 saturated heterocycles. The summed E-state index contributed by atoms with van der Waals surface area (Å²) in [6.07, 6.45) is 2.58. The molecule has 0 aromatic heterocycles. The van der Waals surface area contributed by atoms with Crippen LogP contribution in [0.4, 0.5) is 0 Å². The topological polar surface area (TPSA) is 73.9 Å². The minimum Gasteiger partial charge on any atom is -0.389 e. The van der Waals surface area contributed by atoms with E-state index in [0.717, 1.165) is 19.3 Å². The molecule has 0 aliphatic carbocycles. The zero-order valence-electron chi connectivity index (χ0n) is 11.1. The summed E-state index contributed by atoms with van der Waals surface area (Å²) < 4.78 is 15.5. The molecule has 0 aliphatic rings. The predicted molar refractivity (Wildman–Crippen MR) is 67.0 cm³/mol. The molecule has 0 fully saturated rings. The Bertz CT molecular complexity index is 165. The second-order valence-electron chi connectivity index (χ2n) is 4.38.